The molecule has 0 spiro atoms. The lowest BCUT2D eigenvalue weighted by molar-refractivity contribution is -0.123. The largest absolute Gasteiger partial charge is 0.354 e. The zero-order valence-corrected chi connectivity index (χ0v) is 14.9. The second-order valence-electron chi connectivity index (χ2n) is 6.67. The van der Waals surface area contributed by atoms with Crippen molar-refractivity contribution in [2.24, 2.45) is 11.8 Å². The molecule has 0 saturated heterocycles. The molecule has 1 aromatic heterocycles. The average Bonchev–Trinajstić information content (AvgIpc) is 3.02. The molecule has 0 radical (unpaired) electrons. The van der Waals surface area contributed by atoms with Crippen LogP contribution in [0.2, 0.25) is 0 Å². The summed E-state index contributed by atoms with van der Waals surface area (Å²) in [6, 6.07) is 12.4. The van der Waals surface area contributed by atoms with Crippen LogP contribution in [-0.2, 0) is 4.79 Å². The molecule has 1 aliphatic carbocycles. The Morgan fingerprint density at radius 3 is 2.68 bits per heavy atom. The number of pyridine rings is 1. The van der Waals surface area contributed by atoms with Crippen molar-refractivity contribution in [1.82, 2.24) is 10.3 Å². The summed E-state index contributed by atoms with van der Waals surface area (Å²) in [5.74, 6) is -6.23. The monoisotopic (exact) mass is 384 g/mol. The summed E-state index contributed by atoms with van der Waals surface area (Å²) in [7, 11) is 0. The van der Waals surface area contributed by atoms with E-state index >= 15 is 0 Å². The molecule has 8 heteroatoms. The van der Waals surface area contributed by atoms with Gasteiger partial charge in [0.1, 0.15) is 0 Å². The number of carbonyl (C=O) groups is 2. The SMILES string of the molecule is N#C[C@@H]1CC(F)(F)CC1C(=O)CNC(=O)c1ccncc1Nc1ccccc1. The maximum Gasteiger partial charge on any atom is 0.253 e. The first-order valence-corrected chi connectivity index (χ1v) is 8.74. The molecule has 28 heavy (non-hydrogen) atoms. The number of aromatic nitrogens is 1. The highest BCUT2D eigenvalue weighted by atomic mass is 19.3. The molecule has 1 amide bonds. The van der Waals surface area contributed by atoms with E-state index in [1.165, 1.54) is 18.5 Å². The lowest BCUT2D eigenvalue weighted by Crippen LogP contribution is -2.34. The zero-order chi connectivity index (χ0) is 20.1. The van der Waals surface area contributed by atoms with Crippen molar-refractivity contribution in [3.63, 3.8) is 0 Å². The van der Waals surface area contributed by atoms with Crippen LogP contribution >= 0.6 is 0 Å². The van der Waals surface area contributed by atoms with Crippen molar-refractivity contribution < 1.29 is 18.4 Å². The number of alkyl halides is 2. The van der Waals surface area contributed by atoms with Crippen LogP contribution in [0.1, 0.15) is 23.2 Å². The second-order valence-corrected chi connectivity index (χ2v) is 6.67. The Hall–Kier alpha value is -3.34. The number of ketones is 1. The molecule has 1 saturated carbocycles. The van der Waals surface area contributed by atoms with Gasteiger partial charge in [0.05, 0.1) is 36.0 Å². The van der Waals surface area contributed by atoms with Gasteiger partial charge in [-0.3, -0.25) is 14.6 Å². The van der Waals surface area contributed by atoms with Crippen molar-refractivity contribution in [2.75, 3.05) is 11.9 Å². The van der Waals surface area contributed by atoms with Crippen molar-refractivity contribution in [3.05, 3.63) is 54.4 Å². The van der Waals surface area contributed by atoms with E-state index in [4.69, 9.17) is 5.26 Å². The topological polar surface area (TPSA) is 94.9 Å². The lowest BCUT2D eigenvalue weighted by atomic mass is 9.93. The van der Waals surface area contributed by atoms with Gasteiger partial charge < -0.3 is 10.6 Å². The van der Waals surface area contributed by atoms with E-state index in [-0.39, 0.29) is 5.56 Å². The number of para-hydroxylation sites is 1. The van der Waals surface area contributed by atoms with Gasteiger partial charge >= 0.3 is 0 Å². The number of rotatable bonds is 6. The third-order valence-electron chi connectivity index (χ3n) is 4.64. The van der Waals surface area contributed by atoms with E-state index in [2.05, 4.69) is 15.6 Å². The van der Waals surface area contributed by atoms with E-state index in [1.807, 2.05) is 30.3 Å². The zero-order valence-electron chi connectivity index (χ0n) is 14.9. The van der Waals surface area contributed by atoms with Gasteiger partial charge in [0.2, 0.25) is 5.92 Å². The number of benzene rings is 1. The van der Waals surface area contributed by atoms with Crippen molar-refractivity contribution in [2.45, 2.75) is 18.8 Å². The number of amides is 1. The predicted molar refractivity (Wildman–Crippen MR) is 98.1 cm³/mol. The molecular formula is C20H18F2N4O2. The van der Waals surface area contributed by atoms with Gasteiger partial charge in [0.25, 0.3) is 5.91 Å². The number of nitriles is 1. The molecule has 0 bridgehead atoms. The van der Waals surface area contributed by atoms with Gasteiger partial charge in [-0.05, 0) is 18.2 Å². The predicted octanol–water partition coefficient (Wildman–Crippen LogP) is 3.31. The molecule has 0 aliphatic heterocycles. The summed E-state index contributed by atoms with van der Waals surface area (Å²) < 4.78 is 27.0. The molecule has 1 aliphatic rings. The van der Waals surface area contributed by atoms with E-state index in [1.54, 1.807) is 6.07 Å². The van der Waals surface area contributed by atoms with E-state index < -0.39 is 48.8 Å². The molecule has 1 heterocycles. The quantitative estimate of drug-likeness (QED) is 0.797. The standard InChI is InChI=1S/C20H18F2N4O2/c21-20(22)8-13(10-23)16(9-20)18(27)12-25-19(28)15-6-7-24-11-17(15)26-14-4-2-1-3-5-14/h1-7,11,13,16,26H,8-9,12H2,(H,25,28)/t13-,16?/m0/s1. The summed E-state index contributed by atoms with van der Waals surface area (Å²) in [5.41, 5.74) is 1.46. The van der Waals surface area contributed by atoms with Crippen LogP contribution in [0, 0.1) is 23.2 Å². The molecule has 6 nitrogen and oxygen atoms in total. The molecule has 1 aromatic carbocycles. The number of carbonyl (C=O) groups excluding carboxylic acids is 2. The normalized spacial score (nSPS) is 20.2. The first-order valence-electron chi connectivity index (χ1n) is 8.74. The fourth-order valence-corrected chi connectivity index (χ4v) is 3.25. The fraction of sp³-hybridized carbons (Fsp3) is 0.300. The number of nitrogens with zero attached hydrogens (tertiary/aromatic N) is 2. The number of halogens is 2. The first kappa shape index (κ1) is 19.4. The minimum absolute atomic E-state index is 0.264. The van der Waals surface area contributed by atoms with Gasteiger partial charge in [-0.15, -0.1) is 0 Å². The molecule has 2 atom stereocenters. The van der Waals surface area contributed by atoms with Crippen LogP contribution in [0.4, 0.5) is 20.2 Å². The highest BCUT2D eigenvalue weighted by molar-refractivity contribution is 6.01. The van der Waals surface area contributed by atoms with E-state index in [9.17, 15) is 18.4 Å². The number of hydrogen-bond donors (Lipinski definition) is 2. The number of nitrogens with one attached hydrogen (secondary N) is 2. The van der Waals surface area contributed by atoms with Gasteiger partial charge in [-0.1, -0.05) is 18.2 Å². The lowest BCUT2D eigenvalue weighted by Gasteiger charge is -2.14. The Balaban J connectivity index is 1.66. The van der Waals surface area contributed by atoms with Gasteiger partial charge in [0, 0.05) is 30.6 Å². The first-order chi connectivity index (χ1) is 13.4. The number of anilines is 2. The minimum atomic E-state index is -3.03. The van der Waals surface area contributed by atoms with Crippen LogP contribution < -0.4 is 10.6 Å². The second kappa shape index (κ2) is 8.13. The number of hydrogen-bond acceptors (Lipinski definition) is 5. The molecule has 144 valence electrons. The fourth-order valence-electron chi connectivity index (χ4n) is 3.25. The van der Waals surface area contributed by atoms with Crippen LogP contribution in [0.25, 0.3) is 0 Å². The third-order valence-corrected chi connectivity index (χ3v) is 4.64. The maximum absolute atomic E-state index is 13.5. The molecule has 2 N–H and O–H groups in total. The summed E-state index contributed by atoms with van der Waals surface area (Å²) in [4.78, 5) is 28.8. The summed E-state index contributed by atoms with van der Waals surface area (Å²) in [5, 5.41) is 14.5. The summed E-state index contributed by atoms with van der Waals surface area (Å²) >= 11 is 0. The van der Waals surface area contributed by atoms with Crippen molar-refractivity contribution >= 4 is 23.1 Å². The summed E-state index contributed by atoms with van der Waals surface area (Å²) in [6.45, 7) is -0.412. The molecule has 1 unspecified atom stereocenters. The van der Waals surface area contributed by atoms with Crippen LogP contribution in [0.15, 0.2) is 48.8 Å². The summed E-state index contributed by atoms with van der Waals surface area (Å²) in [6.07, 6.45) is 1.64. The average molecular weight is 384 g/mol. The Bertz CT molecular complexity index is 912. The van der Waals surface area contributed by atoms with Gasteiger partial charge in [0.15, 0.2) is 5.78 Å². The van der Waals surface area contributed by atoms with Crippen LogP contribution in [0.3, 0.4) is 0 Å². The van der Waals surface area contributed by atoms with Crippen LogP contribution in [-0.4, -0.2) is 29.1 Å². The van der Waals surface area contributed by atoms with Crippen molar-refractivity contribution in [1.29, 1.82) is 5.26 Å². The molecule has 2 aromatic rings. The number of Topliss-reactive ketones (excluding diaryl/α,β-unsaturated/α-hetero) is 1. The molecular weight excluding hydrogens is 366 g/mol. The Labute approximate surface area is 160 Å². The third kappa shape index (κ3) is 4.49. The highest BCUT2D eigenvalue weighted by Gasteiger charge is 2.49. The van der Waals surface area contributed by atoms with Gasteiger partial charge in [-0.2, -0.15) is 5.26 Å². The van der Waals surface area contributed by atoms with Crippen molar-refractivity contribution in [3.8, 4) is 6.07 Å². The Kier molecular flexibility index (Phi) is 5.64. The smallest absolute Gasteiger partial charge is 0.253 e. The van der Waals surface area contributed by atoms with E-state index in [0.29, 0.717) is 5.69 Å². The minimum Gasteiger partial charge on any atom is -0.354 e. The van der Waals surface area contributed by atoms with E-state index in [0.717, 1.165) is 5.69 Å². The molecule has 3 rings (SSSR count). The van der Waals surface area contributed by atoms with Crippen LogP contribution in [0.5, 0.6) is 0 Å². The van der Waals surface area contributed by atoms with Gasteiger partial charge in [-0.25, -0.2) is 8.78 Å². The Morgan fingerprint density at radius 1 is 1.21 bits per heavy atom. The molecule has 1 fully saturated rings. The Morgan fingerprint density at radius 2 is 1.96 bits per heavy atom. The highest BCUT2D eigenvalue weighted by Crippen LogP contribution is 2.43. The maximum atomic E-state index is 13.5.